The van der Waals surface area contributed by atoms with Gasteiger partial charge in [0.15, 0.2) is 0 Å². The first-order valence-corrected chi connectivity index (χ1v) is 9.43. The van der Waals surface area contributed by atoms with Crippen molar-refractivity contribution in [2.75, 3.05) is 33.8 Å². The highest BCUT2D eigenvalue weighted by Crippen LogP contribution is 2.48. The maximum atomic E-state index is 6.26. The minimum atomic E-state index is 0.150. The van der Waals surface area contributed by atoms with Crippen molar-refractivity contribution >= 4 is 0 Å². The lowest BCUT2D eigenvalue weighted by molar-refractivity contribution is -0.0354. The van der Waals surface area contributed by atoms with Crippen molar-refractivity contribution in [3.63, 3.8) is 0 Å². The highest BCUT2D eigenvalue weighted by molar-refractivity contribution is 5.04. The molecule has 5 heteroatoms. The molecule has 1 aliphatic heterocycles. The van der Waals surface area contributed by atoms with Crippen molar-refractivity contribution < 1.29 is 4.74 Å². The van der Waals surface area contributed by atoms with Crippen molar-refractivity contribution in [2.24, 2.45) is 5.41 Å². The molecule has 1 aromatic rings. The van der Waals surface area contributed by atoms with Crippen LogP contribution in [0.15, 0.2) is 12.3 Å². The van der Waals surface area contributed by atoms with Gasteiger partial charge in [-0.05, 0) is 57.7 Å². The minimum Gasteiger partial charge on any atom is -0.374 e. The molecule has 24 heavy (non-hydrogen) atoms. The number of aromatic nitrogens is 2. The third kappa shape index (κ3) is 4.01. The largest absolute Gasteiger partial charge is 0.374 e. The fourth-order valence-corrected chi connectivity index (χ4v) is 4.47. The second-order valence-corrected chi connectivity index (χ2v) is 8.65. The summed E-state index contributed by atoms with van der Waals surface area (Å²) in [5.74, 6) is 0. The maximum Gasteiger partial charge on any atom is 0.0690 e. The number of rotatable bonds is 6. The molecule has 3 rings (SSSR count). The number of nitrogens with zero attached hydrogens (tertiary/aromatic N) is 3. The summed E-state index contributed by atoms with van der Waals surface area (Å²) in [6.45, 7) is 8.62. The lowest BCUT2D eigenvalue weighted by Crippen LogP contribution is -2.35. The first-order valence-electron chi connectivity index (χ1n) is 9.43. The number of ether oxygens (including phenoxy) is 1. The van der Waals surface area contributed by atoms with Crippen LogP contribution in [0.3, 0.4) is 0 Å². The first kappa shape index (κ1) is 17.9. The van der Waals surface area contributed by atoms with Gasteiger partial charge in [0, 0.05) is 25.8 Å². The van der Waals surface area contributed by atoms with E-state index in [0.717, 1.165) is 26.2 Å². The van der Waals surface area contributed by atoms with Gasteiger partial charge in [-0.15, -0.1) is 0 Å². The van der Waals surface area contributed by atoms with E-state index in [1.165, 1.54) is 37.8 Å². The molecular weight excluding hydrogens is 300 g/mol. The average molecular weight is 335 g/mol. The van der Waals surface area contributed by atoms with Gasteiger partial charge in [0.25, 0.3) is 0 Å². The summed E-state index contributed by atoms with van der Waals surface area (Å²) < 4.78 is 8.54. The standard InChI is InChI=1S/C19H34N4O/c1-18(2)14-19(24-15-18)8-5-16(6-9-19)23-17(7-10-21-23)13-22(4)12-11-20-3/h7,10,16,20H,5-6,8-9,11-15H2,1-4H3/t16-,19+. The molecule has 0 radical (unpaired) electrons. The fraction of sp³-hybridized carbons (Fsp3) is 0.842. The Labute approximate surface area is 146 Å². The molecule has 0 bridgehead atoms. The highest BCUT2D eigenvalue weighted by Gasteiger charge is 2.46. The van der Waals surface area contributed by atoms with Gasteiger partial charge in [-0.3, -0.25) is 9.58 Å². The van der Waals surface area contributed by atoms with Crippen LogP contribution in [-0.4, -0.2) is 54.1 Å². The SMILES string of the molecule is CNCCN(C)Cc1ccnn1[C@H]1CC[C@@]2(CC1)CC(C)(C)CO2. The second kappa shape index (κ2) is 7.14. The zero-order valence-electron chi connectivity index (χ0n) is 15.8. The molecule has 2 fully saturated rings. The summed E-state index contributed by atoms with van der Waals surface area (Å²) in [6, 6.07) is 2.71. The fourth-order valence-electron chi connectivity index (χ4n) is 4.47. The Kier molecular flexibility index (Phi) is 5.33. The molecule has 0 atom stereocenters. The van der Waals surface area contributed by atoms with Crippen molar-refractivity contribution in [2.45, 2.75) is 64.1 Å². The van der Waals surface area contributed by atoms with Crippen LogP contribution in [0.25, 0.3) is 0 Å². The minimum absolute atomic E-state index is 0.150. The zero-order chi connectivity index (χ0) is 17.2. The highest BCUT2D eigenvalue weighted by atomic mass is 16.5. The van der Waals surface area contributed by atoms with Gasteiger partial charge in [0.05, 0.1) is 23.9 Å². The van der Waals surface area contributed by atoms with Gasteiger partial charge in [-0.25, -0.2) is 0 Å². The van der Waals surface area contributed by atoms with Gasteiger partial charge in [-0.1, -0.05) is 13.8 Å². The van der Waals surface area contributed by atoms with Gasteiger partial charge in [-0.2, -0.15) is 5.10 Å². The van der Waals surface area contributed by atoms with Crippen LogP contribution in [0.5, 0.6) is 0 Å². The molecule has 0 aromatic carbocycles. The van der Waals surface area contributed by atoms with E-state index in [2.05, 4.69) is 47.0 Å². The zero-order valence-corrected chi connectivity index (χ0v) is 15.8. The van der Waals surface area contributed by atoms with E-state index in [-0.39, 0.29) is 5.60 Å². The molecule has 1 saturated heterocycles. The predicted octanol–water partition coefficient (Wildman–Crippen LogP) is 2.83. The molecule has 1 saturated carbocycles. The molecule has 2 aliphatic rings. The number of hydrogen-bond acceptors (Lipinski definition) is 4. The smallest absolute Gasteiger partial charge is 0.0690 e. The molecule has 1 aliphatic carbocycles. The Balaban J connectivity index is 1.58. The van der Waals surface area contributed by atoms with Gasteiger partial charge in [0.1, 0.15) is 0 Å². The summed E-state index contributed by atoms with van der Waals surface area (Å²) in [6.07, 6.45) is 7.90. The van der Waals surface area contributed by atoms with Crippen molar-refractivity contribution in [3.8, 4) is 0 Å². The summed E-state index contributed by atoms with van der Waals surface area (Å²) in [5.41, 5.74) is 1.83. The molecule has 0 amide bonds. The van der Waals surface area contributed by atoms with Crippen LogP contribution in [-0.2, 0) is 11.3 Å². The second-order valence-electron chi connectivity index (χ2n) is 8.65. The van der Waals surface area contributed by atoms with E-state index in [0.29, 0.717) is 11.5 Å². The third-order valence-electron chi connectivity index (χ3n) is 5.71. The topological polar surface area (TPSA) is 42.3 Å². The molecule has 1 N–H and O–H groups in total. The third-order valence-corrected chi connectivity index (χ3v) is 5.71. The van der Waals surface area contributed by atoms with Gasteiger partial charge in [0.2, 0.25) is 0 Å². The molecule has 1 aromatic heterocycles. The summed E-state index contributed by atoms with van der Waals surface area (Å²) in [5, 5.41) is 7.86. The Bertz CT molecular complexity index is 531. The van der Waals surface area contributed by atoms with E-state index in [4.69, 9.17) is 4.74 Å². The lowest BCUT2D eigenvalue weighted by Gasteiger charge is -2.37. The average Bonchev–Trinajstić information content (AvgIpc) is 3.11. The van der Waals surface area contributed by atoms with E-state index < -0.39 is 0 Å². The van der Waals surface area contributed by atoms with Crippen LogP contribution < -0.4 is 5.32 Å². The number of likely N-dealkylation sites (N-methyl/N-ethyl adjacent to an activating group) is 2. The molecule has 2 heterocycles. The predicted molar refractivity (Wildman–Crippen MR) is 97.1 cm³/mol. The Morgan fingerprint density at radius 2 is 2.12 bits per heavy atom. The lowest BCUT2D eigenvalue weighted by atomic mass is 9.75. The number of nitrogens with one attached hydrogen (secondary N) is 1. The van der Waals surface area contributed by atoms with Crippen molar-refractivity contribution in [1.29, 1.82) is 0 Å². The van der Waals surface area contributed by atoms with Crippen LogP contribution in [0.4, 0.5) is 0 Å². The monoisotopic (exact) mass is 334 g/mol. The molecule has 1 spiro atoms. The van der Waals surface area contributed by atoms with Gasteiger partial charge >= 0.3 is 0 Å². The van der Waals surface area contributed by atoms with Crippen LogP contribution in [0.1, 0.15) is 57.7 Å². The first-order chi connectivity index (χ1) is 11.4. The van der Waals surface area contributed by atoms with E-state index in [1.807, 2.05) is 13.2 Å². The van der Waals surface area contributed by atoms with E-state index in [9.17, 15) is 0 Å². The van der Waals surface area contributed by atoms with E-state index >= 15 is 0 Å². The molecule has 0 unspecified atom stereocenters. The summed E-state index contributed by atoms with van der Waals surface area (Å²) in [7, 11) is 4.18. The normalized spacial score (nSPS) is 29.6. The van der Waals surface area contributed by atoms with E-state index in [1.54, 1.807) is 0 Å². The molecule has 136 valence electrons. The van der Waals surface area contributed by atoms with Crippen LogP contribution >= 0.6 is 0 Å². The Hall–Kier alpha value is -0.910. The van der Waals surface area contributed by atoms with Crippen molar-refractivity contribution in [3.05, 3.63) is 18.0 Å². The van der Waals surface area contributed by atoms with Crippen LogP contribution in [0.2, 0.25) is 0 Å². The maximum absolute atomic E-state index is 6.26. The van der Waals surface area contributed by atoms with Gasteiger partial charge < -0.3 is 10.1 Å². The van der Waals surface area contributed by atoms with Crippen LogP contribution in [0, 0.1) is 5.41 Å². The number of hydrogen-bond donors (Lipinski definition) is 1. The Morgan fingerprint density at radius 1 is 1.38 bits per heavy atom. The summed E-state index contributed by atoms with van der Waals surface area (Å²) >= 11 is 0. The summed E-state index contributed by atoms with van der Waals surface area (Å²) in [4.78, 5) is 2.36. The molecular formula is C19H34N4O. The quantitative estimate of drug-likeness (QED) is 0.869. The molecule has 5 nitrogen and oxygen atoms in total. The Morgan fingerprint density at radius 3 is 2.75 bits per heavy atom. The van der Waals surface area contributed by atoms with Crippen molar-refractivity contribution in [1.82, 2.24) is 20.0 Å².